The second-order valence-corrected chi connectivity index (χ2v) is 9.44. The molecule has 176 valence electrons. The number of carboxylic acid groups (broad SMARTS) is 2. The summed E-state index contributed by atoms with van der Waals surface area (Å²) < 4.78 is 0. The van der Waals surface area contributed by atoms with Crippen molar-refractivity contribution in [2.75, 3.05) is 0 Å². The first kappa shape index (κ1) is 23.5. The zero-order valence-corrected chi connectivity index (χ0v) is 19.4. The van der Waals surface area contributed by atoms with E-state index in [9.17, 15) is 24.6 Å². The molecular formula is C28H29NO5. The summed E-state index contributed by atoms with van der Waals surface area (Å²) in [6.07, 6.45) is 2.46. The topological polar surface area (TPSA) is 94.9 Å². The smallest absolute Gasteiger partial charge is 0.336 e. The molecule has 34 heavy (non-hydrogen) atoms. The van der Waals surface area contributed by atoms with Crippen molar-refractivity contribution in [1.29, 1.82) is 0 Å². The molecule has 0 heterocycles. The maximum atomic E-state index is 13.0. The van der Waals surface area contributed by atoms with Crippen LogP contribution in [0, 0.1) is 11.8 Å². The van der Waals surface area contributed by atoms with E-state index in [0.29, 0.717) is 17.9 Å². The third-order valence-electron chi connectivity index (χ3n) is 6.43. The normalized spacial score (nSPS) is 14.2. The molecule has 0 radical (unpaired) electrons. The van der Waals surface area contributed by atoms with Crippen molar-refractivity contribution in [3.63, 3.8) is 0 Å². The fraction of sp³-hybridized carbons (Fsp3) is 0.321. The molecule has 1 amide bonds. The summed E-state index contributed by atoms with van der Waals surface area (Å²) in [6.45, 7) is 3.89. The maximum absolute atomic E-state index is 13.0. The quantitative estimate of drug-likeness (QED) is 0.444. The summed E-state index contributed by atoms with van der Waals surface area (Å²) in [6, 6.07) is 17.6. The number of carbonyl (C=O) groups is 3. The lowest BCUT2D eigenvalue weighted by atomic mass is 9.96. The van der Waals surface area contributed by atoms with E-state index >= 15 is 0 Å². The minimum atomic E-state index is -0.985. The van der Waals surface area contributed by atoms with Gasteiger partial charge in [0.05, 0.1) is 5.56 Å². The van der Waals surface area contributed by atoms with Crippen LogP contribution >= 0.6 is 0 Å². The average molecular weight is 460 g/mol. The molecule has 1 atom stereocenters. The third kappa shape index (κ3) is 5.11. The van der Waals surface area contributed by atoms with Crippen molar-refractivity contribution in [3.8, 4) is 11.1 Å². The fourth-order valence-corrected chi connectivity index (χ4v) is 4.49. The Hall–Kier alpha value is -3.67. The van der Waals surface area contributed by atoms with Crippen molar-refractivity contribution < 1.29 is 24.6 Å². The van der Waals surface area contributed by atoms with Crippen molar-refractivity contribution in [2.45, 2.75) is 45.7 Å². The van der Waals surface area contributed by atoms with E-state index < -0.39 is 18.0 Å². The highest BCUT2D eigenvalue weighted by molar-refractivity contribution is 5.98. The lowest BCUT2D eigenvalue weighted by Gasteiger charge is -2.32. The molecule has 3 aromatic rings. The van der Waals surface area contributed by atoms with Crippen LogP contribution in [-0.2, 0) is 16.1 Å². The van der Waals surface area contributed by atoms with E-state index in [4.69, 9.17) is 0 Å². The predicted octanol–water partition coefficient (Wildman–Crippen LogP) is 5.44. The Kier molecular flexibility index (Phi) is 6.68. The first-order chi connectivity index (χ1) is 16.2. The van der Waals surface area contributed by atoms with Gasteiger partial charge < -0.3 is 15.1 Å². The van der Waals surface area contributed by atoms with Crippen LogP contribution in [-0.4, -0.2) is 39.0 Å². The van der Waals surface area contributed by atoms with Gasteiger partial charge in [0.15, 0.2) is 0 Å². The summed E-state index contributed by atoms with van der Waals surface area (Å²) in [4.78, 5) is 38.1. The number of nitrogens with zero attached hydrogens (tertiary/aromatic N) is 1. The Balaban J connectivity index is 1.64. The van der Waals surface area contributed by atoms with Gasteiger partial charge in [-0.05, 0) is 70.3 Å². The van der Waals surface area contributed by atoms with Crippen molar-refractivity contribution >= 4 is 28.6 Å². The number of hydrogen-bond acceptors (Lipinski definition) is 3. The molecule has 0 bridgehead atoms. The summed E-state index contributed by atoms with van der Waals surface area (Å²) in [5, 5.41) is 21.2. The standard InChI is InChI=1S/C28H29NO5/c1-17(2)26(28(33)34)29(25(30)14-18-7-8-18)16-19-9-10-21-15-22(12-11-20(21)13-19)23-5-3-4-6-24(23)27(31)32/h3-6,9-13,15,17-18,26H,7-8,14,16H2,1-2H3,(H,31,32)(H,33,34)/t26-/m0/s1. The van der Waals surface area contributed by atoms with Gasteiger partial charge in [0.1, 0.15) is 6.04 Å². The van der Waals surface area contributed by atoms with Crippen molar-refractivity contribution in [3.05, 3.63) is 71.8 Å². The number of rotatable bonds is 9. The Bertz CT molecular complexity index is 1240. The van der Waals surface area contributed by atoms with Crippen LogP contribution in [0.3, 0.4) is 0 Å². The minimum absolute atomic E-state index is 0.107. The molecule has 2 N–H and O–H groups in total. The number of benzene rings is 3. The van der Waals surface area contributed by atoms with Crippen LogP contribution in [0.15, 0.2) is 60.7 Å². The second kappa shape index (κ2) is 9.67. The van der Waals surface area contributed by atoms with Gasteiger partial charge in [-0.1, -0.05) is 56.3 Å². The zero-order chi connectivity index (χ0) is 24.4. The molecule has 6 nitrogen and oxygen atoms in total. The summed E-state index contributed by atoms with van der Waals surface area (Å²) in [7, 11) is 0. The van der Waals surface area contributed by atoms with Crippen LogP contribution < -0.4 is 0 Å². The monoisotopic (exact) mass is 459 g/mol. The van der Waals surface area contributed by atoms with Gasteiger partial charge >= 0.3 is 11.9 Å². The first-order valence-corrected chi connectivity index (χ1v) is 11.6. The largest absolute Gasteiger partial charge is 0.480 e. The first-order valence-electron chi connectivity index (χ1n) is 11.6. The van der Waals surface area contributed by atoms with Crippen LogP contribution in [0.25, 0.3) is 21.9 Å². The number of carboxylic acids is 2. The average Bonchev–Trinajstić information content (AvgIpc) is 3.61. The van der Waals surface area contributed by atoms with Gasteiger partial charge in [-0.2, -0.15) is 0 Å². The highest BCUT2D eigenvalue weighted by atomic mass is 16.4. The number of carbonyl (C=O) groups excluding carboxylic acids is 1. The molecule has 0 saturated heterocycles. The van der Waals surface area contributed by atoms with E-state index in [1.54, 1.807) is 18.2 Å². The SMILES string of the molecule is CC(C)[C@@H](C(=O)O)N(Cc1ccc2cc(-c3ccccc3C(=O)O)ccc2c1)C(=O)CC1CC1. The Morgan fingerprint density at radius 2 is 1.62 bits per heavy atom. The highest BCUT2D eigenvalue weighted by Crippen LogP contribution is 2.34. The summed E-state index contributed by atoms with van der Waals surface area (Å²) >= 11 is 0. The van der Waals surface area contributed by atoms with Crippen LogP contribution in [0.5, 0.6) is 0 Å². The van der Waals surface area contributed by atoms with Gasteiger partial charge in [0.2, 0.25) is 5.91 Å². The molecule has 0 spiro atoms. The molecule has 1 saturated carbocycles. The summed E-state index contributed by atoms with van der Waals surface area (Å²) in [5.74, 6) is -1.90. The number of fused-ring (bicyclic) bond motifs is 1. The maximum Gasteiger partial charge on any atom is 0.336 e. The zero-order valence-electron chi connectivity index (χ0n) is 19.4. The Morgan fingerprint density at radius 1 is 0.941 bits per heavy atom. The fourth-order valence-electron chi connectivity index (χ4n) is 4.49. The predicted molar refractivity (Wildman–Crippen MR) is 130 cm³/mol. The second-order valence-electron chi connectivity index (χ2n) is 9.44. The molecule has 0 aliphatic heterocycles. The van der Waals surface area contributed by atoms with E-state index in [1.807, 2.05) is 56.3 Å². The van der Waals surface area contributed by atoms with Crippen LogP contribution in [0.4, 0.5) is 0 Å². The van der Waals surface area contributed by atoms with Gasteiger partial charge in [-0.15, -0.1) is 0 Å². The molecule has 0 unspecified atom stereocenters. The number of amides is 1. The van der Waals surface area contributed by atoms with E-state index in [1.165, 1.54) is 4.90 Å². The lowest BCUT2D eigenvalue weighted by molar-refractivity contribution is -0.153. The van der Waals surface area contributed by atoms with Crippen LogP contribution in [0.1, 0.15) is 49.0 Å². The lowest BCUT2D eigenvalue weighted by Crippen LogP contribution is -2.47. The number of aromatic carboxylic acids is 1. The van der Waals surface area contributed by atoms with Gasteiger partial charge in [0, 0.05) is 13.0 Å². The van der Waals surface area contributed by atoms with Crippen molar-refractivity contribution in [1.82, 2.24) is 4.90 Å². The molecule has 1 fully saturated rings. The molecule has 1 aliphatic carbocycles. The molecule has 6 heteroatoms. The van der Waals surface area contributed by atoms with E-state index in [2.05, 4.69) is 0 Å². The number of aliphatic carboxylic acids is 1. The van der Waals surface area contributed by atoms with E-state index in [-0.39, 0.29) is 23.9 Å². The van der Waals surface area contributed by atoms with Gasteiger partial charge in [0.25, 0.3) is 0 Å². The van der Waals surface area contributed by atoms with Crippen molar-refractivity contribution in [2.24, 2.45) is 11.8 Å². The van der Waals surface area contributed by atoms with Crippen LogP contribution in [0.2, 0.25) is 0 Å². The summed E-state index contributed by atoms with van der Waals surface area (Å²) in [5.41, 5.74) is 2.57. The molecule has 1 aliphatic rings. The molecule has 4 rings (SSSR count). The van der Waals surface area contributed by atoms with Gasteiger partial charge in [-0.3, -0.25) is 4.79 Å². The highest BCUT2D eigenvalue weighted by Gasteiger charge is 2.35. The molecular weight excluding hydrogens is 430 g/mol. The Labute approximate surface area is 198 Å². The molecule has 0 aromatic heterocycles. The van der Waals surface area contributed by atoms with E-state index in [0.717, 1.165) is 34.7 Å². The number of hydrogen-bond donors (Lipinski definition) is 2. The third-order valence-corrected chi connectivity index (χ3v) is 6.43. The minimum Gasteiger partial charge on any atom is -0.480 e. The van der Waals surface area contributed by atoms with Gasteiger partial charge in [-0.25, -0.2) is 9.59 Å². The Morgan fingerprint density at radius 3 is 2.26 bits per heavy atom. The molecule has 3 aromatic carbocycles.